The van der Waals surface area contributed by atoms with Crippen LogP contribution >= 0.6 is 0 Å². The average Bonchev–Trinajstić information content (AvgIpc) is 2.26. The lowest BCUT2D eigenvalue weighted by Crippen LogP contribution is -2.29. The van der Waals surface area contributed by atoms with Gasteiger partial charge in [-0.05, 0) is 12.0 Å². The van der Waals surface area contributed by atoms with Crippen molar-refractivity contribution in [2.45, 2.75) is 25.0 Å². The standard InChI is InChI=1S/C11H15NO3/c12-9(6-7-10(13)14)11(15)8-4-2-1-3-5-8/h1-5,9,11,15H,6-7,12H2,(H,13,14). The summed E-state index contributed by atoms with van der Waals surface area (Å²) in [6.07, 6.45) is -0.554. The number of rotatable bonds is 5. The molecular weight excluding hydrogens is 194 g/mol. The van der Waals surface area contributed by atoms with Gasteiger partial charge in [0.05, 0.1) is 6.10 Å². The number of aliphatic hydroxyl groups excluding tert-OH is 1. The second kappa shape index (κ2) is 5.48. The third-order valence-electron chi connectivity index (χ3n) is 2.24. The van der Waals surface area contributed by atoms with Crippen molar-refractivity contribution in [3.63, 3.8) is 0 Å². The van der Waals surface area contributed by atoms with Crippen LogP contribution in [0.1, 0.15) is 24.5 Å². The molecule has 4 nitrogen and oxygen atoms in total. The highest BCUT2D eigenvalue weighted by Gasteiger charge is 2.17. The van der Waals surface area contributed by atoms with Gasteiger partial charge in [-0.25, -0.2) is 0 Å². The largest absolute Gasteiger partial charge is 0.481 e. The van der Waals surface area contributed by atoms with Crippen LogP contribution in [0, 0.1) is 0 Å². The van der Waals surface area contributed by atoms with Crippen molar-refractivity contribution in [2.24, 2.45) is 5.73 Å². The highest BCUT2D eigenvalue weighted by molar-refractivity contribution is 5.66. The minimum atomic E-state index is -0.897. The van der Waals surface area contributed by atoms with E-state index in [1.165, 1.54) is 0 Å². The molecule has 2 unspecified atom stereocenters. The van der Waals surface area contributed by atoms with Gasteiger partial charge in [0.25, 0.3) is 0 Å². The maximum absolute atomic E-state index is 10.3. The molecule has 0 aliphatic heterocycles. The van der Waals surface area contributed by atoms with Crippen molar-refractivity contribution < 1.29 is 15.0 Å². The van der Waals surface area contributed by atoms with Crippen molar-refractivity contribution in [1.82, 2.24) is 0 Å². The molecule has 0 saturated heterocycles. The van der Waals surface area contributed by atoms with Crippen molar-refractivity contribution in [2.75, 3.05) is 0 Å². The van der Waals surface area contributed by atoms with Crippen molar-refractivity contribution in [1.29, 1.82) is 0 Å². The van der Waals surface area contributed by atoms with Crippen LogP contribution in [0.4, 0.5) is 0 Å². The molecule has 15 heavy (non-hydrogen) atoms. The van der Waals surface area contributed by atoms with E-state index in [-0.39, 0.29) is 12.8 Å². The van der Waals surface area contributed by atoms with Gasteiger partial charge in [-0.3, -0.25) is 4.79 Å². The molecular formula is C11H15NO3. The summed E-state index contributed by atoms with van der Waals surface area (Å²) >= 11 is 0. The smallest absolute Gasteiger partial charge is 0.303 e. The molecule has 4 N–H and O–H groups in total. The first kappa shape index (κ1) is 11.7. The fraction of sp³-hybridized carbons (Fsp3) is 0.364. The highest BCUT2D eigenvalue weighted by Crippen LogP contribution is 2.17. The van der Waals surface area contributed by atoms with Crippen LogP contribution in [-0.4, -0.2) is 22.2 Å². The number of aliphatic carboxylic acids is 1. The Morgan fingerprint density at radius 1 is 1.33 bits per heavy atom. The molecule has 4 heteroatoms. The molecule has 1 rings (SSSR count). The lowest BCUT2D eigenvalue weighted by Gasteiger charge is -2.18. The summed E-state index contributed by atoms with van der Waals surface area (Å²) in [7, 11) is 0. The number of benzene rings is 1. The summed E-state index contributed by atoms with van der Waals surface area (Å²) in [5.74, 6) is -0.897. The lowest BCUT2D eigenvalue weighted by atomic mass is 9.99. The van der Waals surface area contributed by atoms with Gasteiger partial charge in [-0.1, -0.05) is 30.3 Å². The minimum absolute atomic E-state index is 0.0228. The van der Waals surface area contributed by atoms with Crippen LogP contribution in [0.3, 0.4) is 0 Å². The summed E-state index contributed by atoms with van der Waals surface area (Å²) in [6.45, 7) is 0. The van der Waals surface area contributed by atoms with Gasteiger partial charge in [-0.15, -0.1) is 0 Å². The normalized spacial score (nSPS) is 14.5. The zero-order chi connectivity index (χ0) is 11.3. The van der Waals surface area contributed by atoms with Gasteiger partial charge < -0.3 is 15.9 Å². The summed E-state index contributed by atoms with van der Waals surface area (Å²) in [5, 5.41) is 18.3. The molecule has 0 aliphatic rings. The predicted octanol–water partition coefficient (Wildman–Crippen LogP) is 0.912. The van der Waals surface area contributed by atoms with Gasteiger partial charge >= 0.3 is 5.97 Å². The van der Waals surface area contributed by atoms with E-state index in [4.69, 9.17) is 10.8 Å². The summed E-state index contributed by atoms with van der Waals surface area (Å²) in [4.78, 5) is 10.3. The molecule has 0 bridgehead atoms. The maximum atomic E-state index is 10.3. The number of hydrogen-bond donors (Lipinski definition) is 3. The summed E-state index contributed by atoms with van der Waals surface area (Å²) < 4.78 is 0. The Balaban J connectivity index is 2.53. The fourth-order valence-corrected chi connectivity index (χ4v) is 1.35. The summed E-state index contributed by atoms with van der Waals surface area (Å²) in [5.41, 5.74) is 6.40. The molecule has 1 aromatic carbocycles. The minimum Gasteiger partial charge on any atom is -0.481 e. The Labute approximate surface area is 88.3 Å². The third kappa shape index (κ3) is 3.69. The van der Waals surface area contributed by atoms with Gasteiger partial charge in [0.1, 0.15) is 0 Å². The number of carboxylic acid groups (broad SMARTS) is 1. The van der Waals surface area contributed by atoms with Crippen LogP contribution in [0.5, 0.6) is 0 Å². The molecule has 0 heterocycles. The molecule has 0 saturated carbocycles. The Kier molecular flexibility index (Phi) is 4.27. The van der Waals surface area contributed by atoms with Crippen LogP contribution in [-0.2, 0) is 4.79 Å². The van der Waals surface area contributed by atoms with Crippen molar-refractivity contribution >= 4 is 5.97 Å². The number of carbonyl (C=O) groups is 1. The maximum Gasteiger partial charge on any atom is 0.303 e. The molecule has 1 aromatic rings. The monoisotopic (exact) mass is 209 g/mol. The Morgan fingerprint density at radius 3 is 2.47 bits per heavy atom. The molecule has 0 radical (unpaired) electrons. The number of nitrogens with two attached hydrogens (primary N) is 1. The van der Waals surface area contributed by atoms with E-state index in [9.17, 15) is 9.90 Å². The Hall–Kier alpha value is -1.39. The molecule has 0 aliphatic carbocycles. The predicted molar refractivity (Wildman–Crippen MR) is 56.2 cm³/mol. The lowest BCUT2D eigenvalue weighted by molar-refractivity contribution is -0.137. The molecule has 0 amide bonds. The first-order valence-corrected chi connectivity index (χ1v) is 4.81. The van der Waals surface area contributed by atoms with E-state index >= 15 is 0 Å². The Morgan fingerprint density at radius 2 is 1.93 bits per heavy atom. The number of hydrogen-bond acceptors (Lipinski definition) is 3. The number of aliphatic hydroxyl groups is 1. The summed E-state index contributed by atoms with van der Waals surface area (Å²) in [6, 6.07) is 8.46. The first-order chi connectivity index (χ1) is 7.11. The van der Waals surface area contributed by atoms with Gasteiger partial charge in [0, 0.05) is 12.5 Å². The van der Waals surface area contributed by atoms with Gasteiger partial charge in [0.2, 0.25) is 0 Å². The van der Waals surface area contributed by atoms with Crippen LogP contribution in [0.2, 0.25) is 0 Å². The Bertz CT molecular complexity index is 313. The molecule has 0 fully saturated rings. The second-order valence-electron chi connectivity index (χ2n) is 3.45. The van der Waals surface area contributed by atoms with Crippen LogP contribution in [0.15, 0.2) is 30.3 Å². The first-order valence-electron chi connectivity index (χ1n) is 4.81. The van der Waals surface area contributed by atoms with E-state index in [2.05, 4.69) is 0 Å². The van der Waals surface area contributed by atoms with E-state index in [0.29, 0.717) is 0 Å². The molecule has 0 aromatic heterocycles. The zero-order valence-electron chi connectivity index (χ0n) is 8.34. The van der Waals surface area contributed by atoms with E-state index < -0.39 is 18.1 Å². The van der Waals surface area contributed by atoms with Gasteiger partial charge in [0.15, 0.2) is 0 Å². The molecule has 82 valence electrons. The van der Waals surface area contributed by atoms with Crippen molar-refractivity contribution in [3.8, 4) is 0 Å². The zero-order valence-corrected chi connectivity index (χ0v) is 8.34. The molecule has 2 atom stereocenters. The third-order valence-corrected chi connectivity index (χ3v) is 2.24. The van der Waals surface area contributed by atoms with E-state index in [0.717, 1.165) is 5.56 Å². The van der Waals surface area contributed by atoms with Crippen LogP contribution in [0.25, 0.3) is 0 Å². The van der Waals surface area contributed by atoms with E-state index in [1.54, 1.807) is 12.1 Å². The SMILES string of the molecule is NC(CCC(=O)O)C(O)c1ccccc1. The van der Waals surface area contributed by atoms with Crippen molar-refractivity contribution in [3.05, 3.63) is 35.9 Å². The fourth-order valence-electron chi connectivity index (χ4n) is 1.35. The highest BCUT2D eigenvalue weighted by atomic mass is 16.4. The number of carboxylic acids is 1. The van der Waals surface area contributed by atoms with E-state index in [1.807, 2.05) is 18.2 Å². The van der Waals surface area contributed by atoms with Crippen LogP contribution < -0.4 is 5.73 Å². The average molecular weight is 209 g/mol. The van der Waals surface area contributed by atoms with Gasteiger partial charge in [-0.2, -0.15) is 0 Å². The quantitative estimate of drug-likeness (QED) is 0.673. The topological polar surface area (TPSA) is 83.6 Å². The molecule has 0 spiro atoms. The second-order valence-corrected chi connectivity index (χ2v) is 3.45.